The summed E-state index contributed by atoms with van der Waals surface area (Å²) in [6, 6.07) is 1.82. The van der Waals surface area contributed by atoms with Crippen LogP contribution in [-0.4, -0.2) is 27.2 Å². The predicted molar refractivity (Wildman–Crippen MR) is 63.2 cm³/mol. The smallest absolute Gasteiger partial charge is 0.341 e. The first-order valence-corrected chi connectivity index (χ1v) is 5.78. The summed E-state index contributed by atoms with van der Waals surface area (Å²) in [5.74, 6) is -0.250. The fourth-order valence-electron chi connectivity index (χ4n) is 1.60. The van der Waals surface area contributed by atoms with Crippen LogP contribution in [0.3, 0.4) is 0 Å². The van der Waals surface area contributed by atoms with E-state index in [0.717, 1.165) is 5.69 Å². The second-order valence-corrected chi connectivity index (χ2v) is 3.80. The number of carbonyl (C=O) groups is 1. The molecule has 0 aliphatic carbocycles. The van der Waals surface area contributed by atoms with Crippen LogP contribution in [-0.2, 0) is 10.6 Å². The minimum Gasteiger partial charge on any atom is -0.462 e. The van der Waals surface area contributed by atoms with E-state index < -0.39 is 5.97 Å². The summed E-state index contributed by atoms with van der Waals surface area (Å²) < 4.78 is 6.53. The molecule has 0 aliphatic rings. The fourth-order valence-corrected chi connectivity index (χ4v) is 1.86. The molecule has 0 radical (unpaired) electrons. The van der Waals surface area contributed by atoms with Gasteiger partial charge in [0.05, 0.1) is 23.9 Å². The molecule has 0 bridgehead atoms. The van der Waals surface area contributed by atoms with Crippen LogP contribution in [0.4, 0.5) is 0 Å². The van der Waals surface area contributed by atoms with Gasteiger partial charge in [-0.3, -0.25) is 0 Å². The minimum atomic E-state index is -0.425. The van der Waals surface area contributed by atoms with Crippen molar-refractivity contribution in [3.05, 3.63) is 29.2 Å². The van der Waals surface area contributed by atoms with Gasteiger partial charge >= 0.3 is 5.97 Å². The highest BCUT2D eigenvalue weighted by molar-refractivity contribution is 6.17. The van der Waals surface area contributed by atoms with Crippen molar-refractivity contribution in [2.24, 2.45) is 0 Å². The van der Waals surface area contributed by atoms with Crippen molar-refractivity contribution >= 4 is 23.2 Å². The van der Waals surface area contributed by atoms with Gasteiger partial charge in [0.1, 0.15) is 5.56 Å². The van der Waals surface area contributed by atoms with Crippen LogP contribution in [0, 0.1) is 6.92 Å². The Balaban J connectivity index is 2.60. The van der Waals surface area contributed by atoms with Gasteiger partial charge in [-0.05, 0) is 13.8 Å². The highest BCUT2D eigenvalue weighted by Gasteiger charge is 2.16. The Labute approximate surface area is 103 Å². The first kappa shape index (κ1) is 11.9. The highest BCUT2D eigenvalue weighted by Crippen LogP contribution is 2.15. The number of carbonyl (C=O) groups excluding carboxylic acids is 1. The molecule has 5 nitrogen and oxygen atoms in total. The van der Waals surface area contributed by atoms with Crippen LogP contribution in [0.1, 0.15) is 28.7 Å². The number of fused-ring (bicyclic) bond motifs is 1. The third-order valence-electron chi connectivity index (χ3n) is 2.33. The molecule has 0 aliphatic heterocycles. The monoisotopic (exact) mass is 253 g/mol. The lowest BCUT2D eigenvalue weighted by Gasteiger charge is -2.07. The number of aromatic nitrogens is 3. The molecule has 2 heterocycles. The summed E-state index contributed by atoms with van der Waals surface area (Å²) >= 11 is 5.87. The zero-order valence-electron chi connectivity index (χ0n) is 9.61. The number of rotatable bonds is 3. The van der Waals surface area contributed by atoms with Crippen LogP contribution < -0.4 is 0 Å². The van der Waals surface area contributed by atoms with Crippen molar-refractivity contribution in [1.29, 1.82) is 0 Å². The molecule has 2 aromatic heterocycles. The van der Waals surface area contributed by atoms with Crippen molar-refractivity contribution in [2.75, 3.05) is 6.61 Å². The molecular formula is C11H12ClN3O2. The Kier molecular flexibility index (Phi) is 3.28. The van der Waals surface area contributed by atoms with Crippen molar-refractivity contribution < 1.29 is 9.53 Å². The van der Waals surface area contributed by atoms with Gasteiger partial charge in [0.25, 0.3) is 0 Å². The number of esters is 1. The molecule has 90 valence electrons. The zero-order chi connectivity index (χ0) is 12.4. The minimum absolute atomic E-state index is 0.175. The maximum atomic E-state index is 11.7. The van der Waals surface area contributed by atoms with Crippen LogP contribution in [0.5, 0.6) is 0 Å². The quantitative estimate of drug-likeness (QED) is 0.620. The van der Waals surface area contributed by atoms with E-state index in [1.807, 2.05) is 13.0 Å². The fraction of sp³-hybridized carbons (Fsp3) is 0.364. The van der Waals surface area contributed by atoms with Gasteiger partial charge in [-0.1, -0.05) is 0 Å². The Hall–Kier alpha value is -1.62. The standard InChI is InChI=1S/C11H12ClN3O2/c1-3-17-11(16)8-6-13-10-4-7(2)14-15(10)9(8)5-12/h4,6H,3,5H2,1-2H3. The summed E-state index contributed by atoms with van der Waals surface area (Å²) in [6.07, 6.45) is 1.48. The molecule has 2 rings (SSSR count). The van der Waals surface area contributed by atoms with Crippen molar-refractivity contribution in [1.82, 2.24) is 14.6 Å². The predicted octanol–water partition coefficient (Wildman–Crippen LogP) is 1.95. The normalized spacial score (nSPS) is 10.8. The van der Waals surface area contributed by atoms with E-state index >= 15 is 0 Å². The van der Waals surface area contributed by atoms with E-state index in [-0.39, 0.29) is 5.88 Å². The number of aryl methyl sites for hydroxylation is 1. The van der Waals surface area contributed by atoms with E-state index in [2.05, 4.69) is 10.1 Å². The number of halogens is 1. The first-order valence-electron chi connectivity index (χ1n) is 5.24. The molecule has 0 saturated heterocycles. The van der Waals surface area contributed by atoms with Crippen LogP contribution in [0.15, 0.2) is 12.3 Å². The molecule has 0 saturated carbocycles. The highest BCUT2D eigenvalue weighted by atomic mass is 35.5. The van der Waals surface area contributed by atoms with Gasteiger partial charge in [-0.15, -0.1) is 11.6 Å². The lowest BCUT2D eigenvalue weighted by molar-refractivity contribution is 0.0524. The topological polar surface area (TPSA) is 56.5 Å². The maximum absolute atomic E-state index is 11.7. The average molecular weight is 254 g/mol. The third kappa shape index (κ3) is 2.10. The van der Waals surface area contributed by atoms with Gasteiger partial charge in [0, 0.05) is 12.3 Å². The van der Waals surface area contributed by atoms with Crippen LogP contribution >= 0.6 is 11.6 Å². The molecule has 6 heteroatoms. The summed E-state index contributed by atoms with van der Waals surface area (Å²) in [4.78, 5) is 15.9. The number of nitrogens with zero attached hydrogens (tertiary/aromatic N) is 3. The molecular weight excluding hydrogens is 242 g/mol. The second-order valence-electron chi connectivity index (χ2n) is 3.53. The number of alkyl halides is 1. The van der Waals surface area contributed by atoms with Gasteiger partial charge in [0.2, 0.25) is 0 Å². The number of hydrogen-bond donors (Lipinski definition) is 0. The molecule has 17 heavy (non-hydrogen) atoms. The lowest BCUT2D eigenvalue weighted by Crippen LogP contribution is -2.12. The Bertz CT molecular complexity index is 565. The van der Waals surface area contributed by atoms with Crippen LogP contribution in [0.25, 0.3) is 5.65 Å². The summed E-state index contributed by atoms with van der Waals surface area (Å²) in [6.45, 7) is 3.93. The largest absolute Gasteiger partial charge is 0.462 e. The van der Waals surface area contributed by atoms with E-state index in [1.54, 1.807) is 11.4 Å². The van der Waals surface area contributed by atoms with E-state index in [4.69, 9.17) is 16.3 Å². The summed E-state index contributed by atoms with van der Waals surface area (Å²) in [7, 11) is 0. The average Bonchev–Trinajstić information content (AvgIpc) is 2.68. The molecule has 2 aromatic rings. The third-order valence-corrected chi connectivity index (χ3v) is 2.58. The van der Waals surface area contributed by atoms with Crippen molar-refractivity contribution in [2.45, 2.75) is 19.7 Å². The Morgan fingerprint density at radius 3 is 3.00 bits per heavy atom. The SMILES string of the molecule is CCOC(=O)c1cnc2cc(C)nn2c1CCl. The molecule has 0 amide bonds. The van der Waals surface area contributed by atoms with Gasteiger partial charge in [0.15, 0.2) is 5.65 Å². The molecule has 0 N–H and O–H groups in total. The number of hydrogen-bond acceptors (Lipinski definition) is 4. The van der Waals surface area contributed by atoms with Crippen LogP contribution in [0.2, 0.25) is 0 Å². The lowest BCUT2D eigenvalue weighted by atomic mass is 10.2. The second kappa shape index (κ2) is 4.71. The first-order chi connectivity index (χ1) is 8.17. The van der Waals surface area contributed by atoms with E-state index in [0.29, 0.717) is 23.5 Å². The van der Waals surface area contributed by atoms with E-state index in [9.17, 15) is 4.79 Å². The van der Waals surface area contributed by atoms with Gasteiger partial charge in [-0.25, -0.2) is 14.3 Å². The zero-order valence-corrected chi connectivity index (χ0v) is 10.4. The van der Waals surface area contributed by atoms with Gasteiger partial charge < -0.3 is 4.74 Å². The maximum Gasteiger partial charge on any atom is 0.341 e. The van der Waals surface area contributed by atoms with Gasteiger partial charge in [-0.2, -0.15) is 5.10 Å². The molecule has 0 unspecified atom stereocenters. The Morgan fingerprint density at radius 2 is 2.35 bits per heavy atom. The van der Waals surface area contributed by atoms with E-state index in [1.165, 1.54) is 6.20 Å². The summed E-state index contributed by atoms with van der Waals surface area (Å²) in [5, 5.41) is 4.25. The number of ether oxygens (including phenoxy) is 1. The van der Waals surface area contributed by atoms with Crippen molar-refractivity contribution in [3.8, 4) is 0 Å². The molecule has 0 atom stereocenters. The van der Waals surface area contributed by atoms with Crippen molar-refractivity contribution in [3.63, 3.8) is 0 Å². The Morgan fingerprint density at radius 1 is 1.59 bits per heavy atom. The molecule has 0 fully saturated rings. The molecule has 0 spiro atoms. The molecule has 0 aromatic carbocycles. The summed E-state index contributed by atoms with van der Waals surface area (Å²) in [5.41, 5.74) is 2.46.